The largest absolute Gasteiger partial charge is 0.490 e. The predicted octanol–water partition coefficient (Wildman–Crippen LogP) is 2.05. The zero-order valence-electron chi connectivity index (χ0n) is 11.3. The van der Waals surface area contributed by atoms with E-state index in [1.807, 2.05) is 30.5 Å². The Hall–Kier alpha value is -2.27. The van der Waals surface area contributed by atoms with Gasteiger partial charge in [-0.1, -0.05) is 24.8 Å². The van der Waals surface area contributed by atoms with Crippen LogP contribution in [0.2, 0.25) is 0 Å². The molecule has 2 N–H and O–H groups in total. The molecule has 5 nitrogen and oxygen atoms in total. The number of benzene rings is 1. The Morgan fingerprint density at radius 1 is 1.35 bits per heavy atom. The molecular formula is C15H19N3O2. The maximum Gasteiger partial charge on any atom is 0.119 e. The van der Waals surface area contributed by atoms with Crippen LogP contribution in [0, 0.1) is 0 Å². The van der Waals surface area contributed by atoms with Crippen molar-refractivity contribution >= 4 is 5.69 Å². The van der Waals surface area contributed by atoms with Gasteiger partial charge in [0.15, 0.2) is 0 Å². The minimum absolute atomic E-state index is 0.0906. The average molecular weight is 273 g/mol. The van der Waals surface area contributed by atoms with Gasteiger partial charge in [-0.25, -0.2) is 0 Å². The average Bonchev–Trinajstić information content (AvgIpc) is 2.92. The number of aromatic nitrogens is 2. The van der Waals surface area contributed by atoms with Crippen LogP contribution in [0.25, 0.3) is 0 Å². The van der Waals surface area contributed by atoms with Crippen molar-refractivity contribution in [1.29, 1.82) is 0 Å². The van der Waals surface area contributed by atoms with Crippen LogP contribution in [0.5, 0.6) is 5.75 Å². The maximum absolute atomic E-state index is 8.83. The van der Waals surface area contributed by atoms with Gasteiger partial charge >= 0.3 is 0 Å². The van der Waals surface area contributed by atoms with Crippen molar-refractivity contribution in [3.05, 3.63) is 54.9 Å². The number of aliphatic hydroxyl groups is 1. The number of ether oxygens (including phenoxy) is 1. The number of nitrogens with zero attached hydrogens (tertiary/aromatic N) is 2. The zero-order valence-corrected chi connectivity index (χ0v) is 11.3. The molecule has 1 aromatic heterocycles. The molecule has 0 saturated heterocycles. The highest BCUT2D eigenvalue weighted by atomic mass is 16.5. The molecule has 5 heteroatoms. The summed E-state index contributed by atoms with van der Waals surface area (Å²) in [6.07, 6.45) is 5.34. The summed E-state index contributed by atoms with van der Waals surface area (Å²) in [5.41, 5.74) is 2.09. The molecule has 0 radical (unpaired) electrons. The van der Waals surface area contributed by atoms with Crippen molar-refractivity contribution in [2.75, 3.05) is 18.5 Å². The molecule has 0 unspecified atom stereocenters. The number of anilines is 1. The SMILES string of the molecule is C=CCOc1ccc(CNc2cnn(CCO)c2)cc1. The molecular weight excluding hydrogens is 254 g/mol. The molecule has 0 amide bonds. The second-order valence-corrected chi connectivity index (χ2v) is 4.31. The summed E-state index contributed by atoms with van der Waals surface area (Å²) >= 11 is 0. The molecule has 0 spiro atoms. The van der Waals surface area contributed by atoms with Gasteiger partial charge in [0.05, 0.1) is 25.0 Å². The molecule has 0 atom stereocenters. The lowest BCUT2D eigenvalue weighted by Crippen LogP contribution is -2.02. The first-order valence-electron chi connectivity index (χ1n) is 6.51. The second kappa shape index (κ2) is 7.35. The molecule has 2 rings (SSSR count). The Balaban J connectivity index is 1.84. The van der Waals surface area contributed by atoms with Gasteiger partial charge < -0.3 is 15.2 Å². The van der Waals surface area contributed by atoms with E-state index in [4.69, 9.17) is 9.84 Å². The van der Waals surface area contributed by atoms with Crippen LogP contribution in [0.3, 0.4) is 0 Å². The van der Waals surface area contributed by atoms with Crippen LogP contribution in [-0.4, -0.2) is 28.1 Å². The Kier molecular flexibility index (Phi) is 5.20. The predicted molar refractivity (Wildman–Crippen MR) is 78.8 cm³/mol. The molecule has 0 saturated carbocycles. The first kappa shape index (κ1) is 14.1. The number of hydrogen-bond acceptors (Lipinski definition) is 4. The first-order valence-corrected chi connectivity index (χ1v) is 6.51. The quantitative estimate of drug-likeness (QED) is 0.723. The van der Waals surface area contributed by atoms with E-state index in [1.54, 1.807) is 17.0 Å². The van der Waals surface area contributed by atoms with Gasteiger partial charge in [0.25, 0.3) is 0 Å². The Morgan fingerprint density at radius 3 is 2.85 bits per heavy atom. The summed E-state index contributed by atoms with van der Waals surface area (Å²) < 4.78 is 7.13. The summed E-state index contributed by atoms with van der Waals surface area (Å²) in [7, 11) is 0. The van der Waals surface area contributed by atoms with Gasteiger partial charge in [0.2, 0.25) is 0 Å². The van der Waals surface area contributed by atoms with Gasteiger partial charge in [-0.15, -0.1) is 0 Å². The number of hydrogen-bond donors (Lipinski definition) is 2. The molecule has 0 aliphatic heterocycles. The van der Waals surface area contributed by atoms with Crippen LogP contribution in [0.1, 0.15) is 5.56 Å². The fraction of sp³-hybridized carbons (Fsp3) is 0.267. The van der Waals surface area contributed by atoms with Crippen LogP contribution in [0.15, 0.2) is 49.3 Å². The Morgan fingerprint density at radius 2 is 2.15 bits per heavy atom. The van der Waals surface area contributed by atoms with E-state index in [0.717, 1.165) is 17.0 Å². The standard InChI is InChI=1S/C15H19N3O2/c1-2-9-20-15-5-3-13(4-6-15)10-16-14-11-17-18(12-14)7-8-19/h2-6,11-12,16,19H,1,7-10H2. The molecule has 1 aromatic carbocycles. The van der Waals surface area contributed by atoms with Gasteiger partial charge in [-0.05, 0) is 17.7 Å². The molecule has 106 valence electrons. The van der Waals surface area contributed by atoms with E-state index in [2.05, 4.69) is 17.0 Å². The number of rotatable bonds is 8. The summed E-state index contributed by atoms with van der Waals surface area (Å²) in [6, 6.07) is 7.92. The monoisotopic (exact) mass is 273 g/mol. The highest BCUT2D eigenvalue weighted by Crippen LogP contribution is 2.14. The summed E-state index contributed by atoms with van der Waals surface area (Å²) in [5, 5.41) is 16.2. The smallest absolute Gasteiger partial charge is 0.119 e. The number of aliphatic hydroxyl groups excluding tert-OH is 1. The van der Waals surface area contributed by atoms with E-state index >= 15 is 0 Å². The van der Waals surface area contributed by atoms with E-state index < -0.39 is 0 Å². The lowest BCUT2D eigenvalue weighted by Gasteiger charge is -2.06. The fourth-order valence-corrected chi connectivity index (χ4v) is 1.74. The van der Waals surface area contributed by atoms with Crippen molar-refractivity contribution in [2.24, 2.45) is 0 Å². The van der Waals surface area contributed by atoms with Crippen molar-refractivity contribution < 1.29 is 9.84 Å². The van der Waals surface area contributed by atoms with Crippen LogP contribution >= 0.6 is 0 Å². The third-order valence-electron chi connectivity index (χ3n) is 2.75. The molecule has 0 aliphatic carbocycles. The molecule has 0 fully saturated rings. The van der Waals surface area contributed by atoms with E-state index in [9.17, 15) is 0 Å². The van der Waals surface area contributed by atoms with Crippen molar-refractivity contribution in [1.82, 2.24) is 9.78 Å². The summed E-state index contributed by atoms with van der Waals surface area (Å²) in [5.74, 6) is 0.837. The van der Waals surface area contributed by atoms with Crippen molar-refractivity contribution in [3.63, 3.8) is 0 Å². The van der Waals surface area contributed by atoms with Gasteiger partial charge in [0.1, 0.15) is 12.4 Å². The molecule has 0 bridgehead atoms. The summed E-state index contributed by atoms with van der Waals surface area (Å²) in [6.45, 7) is 5.44. The van der Waals surface area contributed by atoms with E-state index in [0.29, 0.717) is 19.7 Å². The highest BCUT2D eigenvalue weighted by Gasteiger charge is 1.99. The lowest BCUT2D eigenvalue weighted by atomic mass is 10.2. The molecule has 1 heterocycles. The minimum Gasteiger partial charge on any atom is -0.490 e. The molecule has 2 aromatic rings. The van der Waals surface area contributed by atoms with Crippen molar-refractivity contribution in [3.8, 4) is 5.75 Å². The summed E-state index contributed by atoms with van der Waals surface area (Å²) in [4.78, 5) is 0. The second-order valence-electron chi connectivity index (χ2n) is 4.31. The van der Waals surface area contributed by atoms with Gasteiger partial charge in [-0.2, -0.15) is 5.10 Å². The van der Waals surface area contributed by atoms with Crippen molar-refractivity contribution in [2.45, 2.75) is 13.1 Å². The Bertz CT molecular complexity index is 534. The molecule has 0 aliphatic rings. The highest BCUT2D eigenvalue weighted by molar-refractivity contribution is 5.39. The Labute approximate surface area is 118 Å². The third kappa shape index (κ3) is 4.13. The number of nitrogens with one attached hydrogen (secondary N) is 1. The minimum atomic E-state index is 0.0906. The van der Waals surface area contributed by atoms with E-state index in [-0.39, 0.29) is 6.61 Å². The third-order valence-corrected chi connectivity index (χ3v) is 2.75. The van der Waals surface area contributed by atoms with E-state index in [1.165, 1.54) is 0 Å². The topological polar surface area (TPSA) is 59.3 Å². The fourth-order valence-electron chi connectivity index (χ4n) is 1.74. The maximum atomic E-state index is 8.83. The normalized spacial score (nSPS) is 10.2. The van der Waals surface area contributed by atoms with Gasteiger partial charge in [0, 0.05) is 12.7 Å². The first-order chi connectivity index (χ1) is 9.81. The van der Waals surface area contributed by atoms with Crippen LogP contribution < -0.4 is 10.1 Å². The molecule has 20 heavy (non-hydrogen) atoms. The lowest BCUT2D eigenvalue weighted by molar-refractivity contribution is 0.269. The zero-order chi connectivity index (χ0) is 14.2. The van der Waals surface area contributed by atoms with Crippen LogP contribution in [0.4, 0.5) is 5.69 Å². The van der Waals surface area contributed by atoms with Crippen LogP contribution in [-0.2, 0) is 13.1 Å². The van der Waals surface area contributed by atoms with Gasteiger partial charge in [-0.3, -0.25) is 4.68 Å².